The van der Waals surface area contributed by atoms with E-state index >= 15 is 0 Å². The third-order valence-electron chi connectivity index (χ3n) is 14.8. The summed E-state index contributed by atoms with van der Waals surface area (Å²) in [4.78, 5) is 9.57. The normalized spacial score (nSPS) is 13.2. The van der Waals surface area contributed by atoms with Crippen LogP contribution in [0, 0.1) is 26.2 Å². The van der Waals surface area contributed by atoms with Crippen molar-refractivity contribution in [1.82, 2.24) is 9.55 Å². The standard InChI is InChI=1S/C66H67N4O.CH3.Pt/c1-62(2,3)46-27-31-57-56(38-46)55-30-29-54(42-59(55)70(57)61-40-48(33-34-67-61)64(7,8)9)71-53-26-20-25-51(41-53)68-43-69(58-32-28-47(39-60(58)68)63(4,5)6)52-36-49(65(10,11)44-21-16-14-17-22-44)35-50(37-52)66(12,13)45-23-18-15-19-24-45;;/h14-40,43H,1-13H3;1H3;/q-3;-1;+4. The average molecular weight is 1140 g/mol. The van der Waals surface area contributed by atoms with Gasteiger partial charge >= 0.3 is 21.1 Å². The molecule has 0 spiro atoms. The van der Waals surface area contributed by atoms with E-state index in [1.54, 1.807) is 0 Å². The maximum atomic E-state index is 6.80. The van der Waals surface area contributed by atoms with E-state index in [1.165, 1.54) is 44.3 Å². The number of fused-ring (bicyclic) bond motifs is 4. The predicted molar refractivity (Wildman–Crippen MR) is 304 cm³/mol. The molecule has 0 radical (unpaired) electrons. The summed E-state index contributed by atoms with van der Waals surface area (Å²) in [5.41, 5.74) is 14.3. The fourth-order valence-electron chi connectivity index (χ4n) is 9.99. The first-order valence-electron chi connectivity index (χ1n) is 25.1. The van der Waals surface area contributed by atoms with Crippen molar-refractivity contribution in [2.45, 2.75) is 117 Å². The zero-order valence-electron chi connectivity index (χ0n) is 45.2. The van der Waals surface area contributed by atoms with Gasteiger partial charge in [-0.25, -0.2) is 4.98 Å². The monoisotopic (exact) mass is 1140 g/mol. The molecule has 0 fully saturated rings. The molecule has 2 aromatic heterocycles. The molecule has 0 atom stereocenters. The summed E-state index contributed by atoms with van der Waals surface area (Å²) < 4.78 is 9.03. The summed E-state index contributed by atoms with van der Waals surface area (Å²) in [5, 5.41) is 2.27. The van der Waals surface area contributed by atoms with Crippen LogP contribution in [0.25, 0.3) is 27.6 Å². The van der Waals surface area contributed by atoms with Crippen LogP contribution in [0.2, 0.25) is 0 Å². The van der Waals surface area contributed by atoms with Gasteiger partial charge in [0.05, 0.1) is 0 Å². The van der Waals surface area contributed by atoms with Crippen LogP contribution in [0.5, 0.6) is 11.5 Å². The molecule has 374 valence electrons. The summed E-state index contributed by atoms with van der Waals surface area (Å²) in [6.45, 7) is 31.9. The van der Waals surface area contributed by atoms with E-state index in [0.717, 1.165) is 45.0 Å². The number of anilines is 4. The van der Waals surface area contributed by atoms with Gasteiger partial charge in [-0.05, 0) is 103 Å². The zero-order chi connectivity index (χ0) is 50.3. The van der Waals surface area contributed by atoms with Gasteiger partial charge in [-0.15, -0.1) is 48.1 Å². The van der Waals surface area contributed by atoms with Gasteiger partial charge in [-0.3, -0.25) is 0 Å². The second kappa shape index (κ2) is 19.5. The van der Waals surface area contributed by atoms with E-state index < -0.39 is 0 Å². The van der Waals surface area contributed by atoms with E-state index in [-0.39, 0.29) is 55.6 Å². The smallest absolute Gasteiger partial charge is 0.509 e. The van der Waals surface area contributed by atoms with Crippen molar-refractivity contribution in [1.29, 1.82) is 0 Å². The fraction of sp³-hybridized carbons (Fsp3) is 0.269. The minimum absolute atomic E-state index is 0. The van der Waals surface area contributed by atoms with Crippen molar-refractivity contribution >= 4 is 44.6 Å². The molecule has 3 heterocycles. The molecule has 0 saturated carbocycles. The SMILES string of the molecule is CC(C)(C)c1ccnc(-n2c3[c-]c(Oc4[c-]c(N5[CH-]N(c6cc(C(C)(C)c7ccccc7)cc(C(C)(C)c7ccccc7)c6)c6ccc(C(C)(C)C)cc65)ccc4)ccc3c3cc(C(C)(C)C)ccc32)c1.[CH3-].[Pt+4]. The van der Waals surface area contributed by atoms with Gasteiger partial charge in [0.15, 0.2) is 0 Å². The van der Waals surface area contributed by atoms with Gasteiger partial charge in [0.2, 0.25) is 0 Å². The minimum Gasteiger partial charge on any atom is -0.509 e. The Hall–Kier alpha value is -6.42. The van der Waals surface area contributed by atoms with Gasteiger partial charge in [0.1, 0.15) is 5.82 Å². The molecule has 0 N–H and O–H groups in total. The molecule has 0 unspecified atom stereocenters. The zero-order valence-corrected chi connectivity index (χ0v) is 47.5. The number of ether oxygens (including phenoxy) is 1. The Kier molecular flexibility index (Phi) is 14.1. The van der Waals surface area contributed by atoms with Crippen LogP contribution in [-0.2, 0) is 48.1 Å². The van der Waals surface area contributed by atoms with Crippen LogP contribution < -0.4 is 14.5 Å². The molecular weight excluding hydrogens is 1070 g/mol. The van der Waals surface area contributed by atoms with E-state index in [2.05, 4.69) is 269 Å². The second-order valence-corrected chi connectivity index (χ2v) is 23.6. The van der Waals surface area contributed by atoms with Crippen LogP contribution in [0.3, 0.4) is 0 Å². The number of hydrogen-bond donors (Lipinski definition) is 0. The Morgan fingerprint density at radius 3 is 1.62 bits per heavy atom. The van der Waals surface area contributed by atoms with Crippen LogP contribution in [0.15, 0.2) is 164 Å². The maximum absolute atomic E-state index is 6.80. The molecule has 1 aliphatic heterocycles. The van der Waals surface area contributed by atoms with E-state index in [1.807, 2.05) is 18.3 Å². The summed E-state index contributed by atoms with van der Waals surface area (Å²) in [5.74, 6) is 2.06. The van der Waals surface area contributed by atoms with E-state index in [0.29, 0.717) is 11.5 Å². The van der Waals surface area contributed by atoms with Crippen LogP contribution in [0.1, 0.15) is 129 Å². The molecule has 6 heteroatoms. The molecule has 10 rings (SSSR count). The average Bonchev–Trinajstić information content (AvgIpc) is 3.89. The molecule has 0 saturated heterocycles. The first kappa shape index (κ1) is 52.9. The Bertz CT molecular complexity index is 3370. The van der Waals surface area contributed by atoms with Crippen LogP contribution in [-0.4, -0.2) is 9.55 Å². The predicted octanol–water partition coefficient (Wildman–Crippen LogP) is 18.0. The van der Waals surface area contributed by atoms with E-state index in [4.69, 9.17) is 9.72 Å². The number of pyridine rings is 1. The second-order valence-electron chi connectivity index (χ2n) is 23.6. The molecule has 73 heavy (non-hydrogen) atoms. The third-order valence-corrected chi connectivity index (χ3v) is 14.8. The van der Waals surface area contributed by atoms with Crippen LogP contribution in [0.4, 0.5) is 22.7 Å². The molecule has 0 amide bonds. The Morgan fingerprint density at radius 2 is 1.01 bits per heavy atom. The van der Waals surface area contributed by atoms with Crippen molar-refractivity contribution in [3.05, 3.63) is 229 Å². The van der Waals surface area contributed by atoms with Gasteiger partial charge in [-0.1, -0.05) is 180 Å². The number of hydrogen-bond acceptors (Lipinski definition) is 4. The van der Waals surface area contributed by atoms with Crippen molar-refractivity contribution in [3.8, 4) is 17.3 Å². The van der Waals surface area contributed by atoms with Crippen molar-refractivity contribution in [2.75, 3.05) is 9.80 Å². The topological polar surface area (TPSA) is 33.5 Å². The molecular formula is C67H70N4OPt. The summed E-state index contributed by atoms with van der Waals surface area (Å²) in [7, 11) is 0. The maximum Gasteiger partial charge on any atom is 4.00 e. The first-order valence-corrected chi connectivity index (χ1v) is 25.1. The number of rotatable bonds is 9. The van der Waals surface area contributed by atoms with Gasteiger partial charge in [0.25, 0.3) is 0 Å². The summed E-state index contributed by atoms with van der Waals surface area (Å²) in [6, 6.07) is 64.7. The Morgan fingerprint density at radius 1 is 0.452 bits per heavy atom. The molecule has 5 nitrogen and oxygen atoms in total. The van der Waals surface area contributed by atoms with Gasteiger partial charge in [-0.2, -0.15) is 12.1 Å². The summed E-state index contributed by atoms with van der Waals surface area (Å²) in [6.07, 6.45) is 1.92. The van der Waals surface area contributed by atoms with Crippen molar-refractivity contribution < 1.29 is 25.8 Å². The Labute approximate surface area is 450 Å². The van der Waals surface area contributed by atoms with Crippen molar-refractivity contribution in [2.24, 2.45) is 0 Å². The van der Waals surface area contributed by atoms with Gasteiger partial charge in [0, 0.05) is 51.1 Å². The minimum atomic E-state index is -0.271. The largest absolute Gasteiger partial charge is 4.00 e. The van der Waals surface area contributed by atoms with Gasteiger partial charge < -0.3 is 26.5 Å². The van der Waals surface area contributed by atoms with Crippen molar-refractivity contribution in [3.63, 3.8) is 0 Å². The Balaban J connectivity index is 0.00000356. The van der Waals surface area contributed by atoms with Crippen LogP contribution >= 0.6 is 0 Å². The fourth-order valence-corrected chi connectivity index (χ4v) is 9.99. The number of aromatic nitrogens is 2. The number of benzene rings is 7. The molecule has 0 aliphatic carbocycles. The summed E-state index contributed by atoms with van der Waals surface area (Å²) >= 11 is 0. The quantitative estimate of drug-likeness (QED) is 0.135. The molecule has 1 aliphatic rings. The first-order chi connectivity index (χ1) is 33.6. The molecule has 7 aromatic carbocycles. The molecule has 0 bridgehead atoms. The molecule has 9 aromatic rings. The third kappa shape index (κ3) is 10.0. The number of nitrogens with zero attached hydrogens (tertiary/aromatic N) is 4. The van der Waals surface area contributed by atoms with E-state index in [9.17, 15) is 0 Å².